The Labute approximate surface area is 152 Å². The summed E-state index contributed by atoms with van der Waals surface area (Å²) in [5.74, 6) is 0.830. The van der Waals surface area contributed by atoms with E-state index in [-0.39, 0.29) is 11.9 Å². The third-order valence-electron chi connectivity index (χ3n) is 5.06. The normalized spacial score (nSPS) is 17.3. The standard InChI is InChI=1S/C20H23N3O3/c1-14-12-17(21-26-14)19-8-5-9-23(19)20(24)16-13-22(10-11-25-2)18-7-4-3-6-15(16)18/h3-4,6-7,12-13,19H,5,8-11H2,1-2H3/t19-/m0/s1. The van der Waals surface area contributed by atoms with E-state index in [0.717, 1.165) is 53.9 Å². The van der Waals surface area contributed by atoms with Crippen molar-refractivity contribution in [2.24, 2.45) is 0 Å². The number of likely N-dealkylation sites (tertiary alicyclic amines) is 1. The molecule has 0 saturated carbocycles. The van der Waals surface area contributed by atoms with Crippen LogP contribution in [0.15, 0.2) is 41.1 Å². The lowest BCUT2D eigenvalue weighted by Gasteiger charge is -2.22. The van der Waals surface area contributed by atoms with Gasteiger partial charge < -0.3 is 18.7 Å². The van der Waals surface area contributed by atoms with Crippen molar-refractivity contribution in [3.05, 3.63) is 53.5 Å². The summed E-state index contributed by atoms with van der Waals surface area (Å²) >= 11 is 0. The molecule has 1 aliphatic heterocycles. The molecule has 1 saturated heterocycles. The number of benzene rings is 1. The molecule has 0 aliphatic carbocycles. The second-order valence-electron chi connectivity index (χ2n) is 6.77. The summed E-state index contributed by atoms with van der Waals surface area (Å²) in [4.78, 5) is 15.3. The molecule has 0 spiro atoms. The van der Waals surface area contributed by atoms with Crippen molar-refractivity contribution in [3.8, 4) is 0 Å². The molecular weight excluding hydrogens is 330 g/mol. The van der Waals surface area contributed by atoms with E-state index in [1.54, 1.807) is 7.11 Å². The maximum Gasteiger partial charge on any atom is 0.256 e. The zero-order chi connectivity index (χ0) is 18.1. The van der Waals surface area contributed by atoms with Crippen LogP contribution in [0.5, 0.6) is 0 Å². The molecule has 1 atom stereocenters. The average molecular weight is 353 g/mol. The predicted octanol–water partition coefficient (Wildman–Crippen LogP) is 3.56. The summed E-state index contributed by atoms with van der Waals surface area (Å²) < 4.78 is 12.5. The van der Waals surface area contributed by atoms with Crippen molar-refractivity contribution in [1.29, 1.82) is 0 Å². The third kappa shape index (κ3) is 2.90. The van der Waals surface area contributed by atoms with Crippen LogP contribution < -0.4 is 0 Å². The number of fused-ring (bicyclic) bond motifs is 1. The first-order valence-corrected chi connectivity index (χ1v) is 9.00. The van der Waals surface area contributed by atoms with Gasteiger partial charge in [0.15, 0.2) is 0 Å². The van der Waals surface area contributed by atoms with Crippen LogP contribution in [0.1, 0.15) is 40.7 Å². The topological polar surface area (TPSA) is 60.5 Å². The summed E-state index contributed by atoms with van der Waals surface area (Å²) in [6.07, 6.45) is 3.85. The van der Waals surface area contributed by atoms with E-state index in [1.807, 2.05) is 48.4 Å². The number of aryl methyl sites for hydroxylation is 1. The van der Waals surface area contributed by atoms with Gasteiger partial charge in [0, 0.05) is 43.4 Å². The van der Waals surface area contributed by atoms with E-state index < -0.39 is 0 Å². The number of amides is 1. The van der Waals surface area contributed by atoms with Crippen LogP contribution in [-0.2, 0) is 11.3 Å². The number of nitrogens with zero attached hydrogens (tertiary/aromatic N) is 3. The lowest BCUT2D eigenvalue weighted by molar-refractivity contribution is 0.0732. The highest BCUT2D eigenvalue weighted by atomic mass is 16.5. The van der Waals surface area contributed by atoms with Gasteiger partial charge in [-0.3, -0.25) is 4.79 Å². The first kappa shape index (κ1) is 16.8. The van der Waals surface area contributed by atoms with Crippen LogP contribution in [0.2, 0.25) is 0 Å². The maximum absolute atomic E-state index is 13.4. The molecule has 1 aliphatic rings. The van der Waals surface area contributed by atoms with Crippen molar-refractivity contribution in [3.63, 3.8) is 0 Å². The second kappa shape index (κ2) is 6.96. The molecule has 4 rings (SSSR count). The number of para-hydroxylation sites is 1. The number of carbonyl (C=O) groups is 1. The lowest BCUT2D eigenvalue weighted by atomic mass is 10.1. The predicted molar refractivity (Wildman–Crippen MR) is 98.1 cm³/mol. The highest BCUT2D eigenvalue weighted by Gasteiger charge is 2.33. The Kier molecular flexibility index (Phi) is 4.51. The molecule has 6 heteroatoms. The van der Waals surface area contributed by atoms with E-state index >= 15 is 0 Å². The monoisotopic (exact) mass is 353 g/mol. The minimum absolute atomic E-state index is 0.0129. The molecule has 6 nitrogen and oxygen atoms in total. The molecule has 0 unspecified atom stereocenters. The number of methoxy groups -OCH3 is 1. The quantitative estimate of drug-likeness (QED) is 0.704. The van der Waals surface area contributed by atoms with Crippen LogP contribution in [0.4, 0.5) is 0 Å². The van der Waals surface area contributed by atoms with Gasteiger partial charge in [0.25, 0.3) is 5.91 Å². The van der Waals surface area contributed by atoms with Gasteiger partial charge in [0.05, 0.1) is 18.2 Å². The molecule has 1 fully saturated rings. The molecule has 0 N–H and O–H groups in total. The Morgan fingerprint density at radius 2 is 2.23 bits per heavy atom. The Morgan fingerprint density at radius 3 is 3.00 bits per heavy atom. The van der Waals surface area contributed by atoms with E-state index in [4.69, 9.17) is 9.26 Å². The summed E-state index contributed by atoms with van der Waals surface area (Å²) in [7, 11) is 1.69. The molecule has 1 amide bonds. The van der Waals surface area contributed by atoms with Crippen molar-refractivity contribution in [1.82, 2.24) is 14.6 Å². The zero-order valence-electron chi connectivity index (χ0n) is 15.1. The molecule has 2 aromatic heterocycles. The van der Waals surface area contributed by atoms with Gasteiger partial charge in [0.2, 0.25) is 0 Å². The number of rotatable bonds is 5. The number of hydrogen-bond acceptors (Lipinski definition) is 4. The van der Waals surface area contributed by atoms with Crippen molar-refractivity contribution < 1.29 is 14.1 Å². The summed E-state index contributed by atoms with van der Waals surface area (Å²) in [5, 5.41) is 5.12. The largest absolute Gasteiger partial charge is 0.383 e. The fourth-order valence-corrected chi connectivity index (χ4v) is 3.81. The summed E-state index contributed by atoms with van der Waals surface area (Å²) in [6, 6.07) is 9.94. The highest BCUT2D eigenvalue weighted by molar-refractivity contribution is 6.07. The third-order valence-corrected chi connectivity index (χ3v) is 5.06. The van der Waals surface area contributed by atoms with Gasteiger partial charge in [-0.25, -0.2) is 0 Å². The average Bonchev–Trinajstić information content (AvgIpc) is 3.37. The molecule has 26 heavy (non-hydrogen) atoms. The van der Waals surface area contributed by atoms with Crippen LogP contribution in [0.3, 0.4) is 0 Å². The number of hydrogen-bond donors (Lipinski definition) is 0. The van der Waals surface area contributed by atoms with Crippen molar-refractivity contribution >= 4 is 16.8 Å². The first-order chi connectivity index (χ1) is 12.7. The van der Waals surface area contributed by atoms with E-state index in [9.17, 15) is 4.79 Å². The number of carbonyl (C=O) groups excluding carboxylic acids is 1. The first-order valence-electron chi connectivity index (χ1n) is 9.00. The van der Waals surface area contributed by atoms with Crippen LogP contribution in [-0.4, -0.2) is 40.8 Å². The van der Waals surface area contributed by atoms with Crippen LogP contribution in [0.25, 0.3) is 10.9 Å². The maximum atomic E-state index is 13.4. The Morgan fingerprint density at radius 1 is 1.38 bits per heavy atom. The van der Waals surface area contributed by atoms with Gasteiger partial charge in [-0.1, -0.05) is 23.4 Å². The Hall–Kier alpha value is -2.60. The van der Waals surface area contributed by atoms with Crippen molar-refractivity contribution in [2.75, 3.05) is 20.3 Å². The highest BCUT2D eigenvalue weighted by Crippen LogP contribution is 2.34. The van der Waals surface area contributed by atoms with Gasteiger partial charge in [-0.05, 0) is 25.8 Å². The molecular formula is C20H23N3O3. The minimum atomic E-state index is -0.0129. The molecule has 1 aromatic carbocycles. The van der Waals surface area contributed by atoms with Gasteiger partial charge in [-0.15, -0.1) is 0 Å². The minimum Gasteiger partial charge on any atom is -0.383 e. The van der Waals surface area contributed by atoms with Crippen LogP contribution >= 0.6 is 0 Å². The summed E-state index contributed by atoms with van der Waals surface area (Å²) in [6.45, 7) is 3.95. The molecule has 0 bridgehead atoms. The van der Waals surface area contributed by atoms with Crippen molar-refractivity contribution in [2.45, 2.75) is 32.4 Å². The Balaban J connectivity index is 1.69. The smallest absolute Gasteiger partial charge is 0.256 e. The molecule has 0 radical (unpaired) electrons. The number of aromatic nitrogens is 2. The van der Waals surface area contributed by atoms with Gasteiger partial charge >= 0.3 is 0 Å². The number of ether oxygens (including phenoxy) is 1. The van der Waals surface area contributed by atoms with E-state index in [2.05, 4.69) is 9.72 Å². The fourth-order valence-electron chi connectivity index (χ4n) is 3.81. The zero-order valence-corrected chi connectivity index (χ0v) is 15.1. The van der Waals surface area contributed by atoms with Gasteiger partial charge in [0.1, 0.15) is 11.5 Å². The second-order valence-corrected chi connectivity index (χ2v) is 6.77. The van der Waals surface area contributed by atoms with E-state index in [0.29, 0.717) is 6.61 Å². The van der Waals surface area contributed by atoms with Gasteiger partial charge in [-0.2, -0.15) is 0 Å². The van der Waals surface area contributed by atoms with Crippen LogP contribution in [0, 0.1) is 6.92 Å². The SMILES string of the molecule is COCCn1cc(C(=O)N2CCC[C@H]2c2cc(C)on2)c2ccccc21. The molecule has 3 aromatic rings. The molecule has 3 heterocycles. The Bertz CT molecular complexity index is 927. The van der Waals surface area contributed by atoms with E-state index in [1.165, 1.54) is 0 Å². The lowest BCUT2D eigenvalue weighted by Crippen LogP contribution is -2.30. The summed E-state index contributed by atoms with van der Waals surface area (Å²) in [5.41, 5.74) is 2.64. The molecule has 136 valence electrons. The fraction of sp³-hybridized carbons (Fsp3) is 0.400.